The van der Waals surface area contributed by atoms with Crippen LogP contribution in [0.1, 0.15) is 37.4 Å². The van der Waals surface area contributed by atoms with Crippen LogP contribution in [0, 0.1) is 17.2 Å². The lowest BCUT2D eigenvalue weighted by molar-refractivity contribution is -0.153. The smallest absolute Gasteiger partial charge is 0.230 e. The van der Waals surface area contributed by atoms with Crippen molar-refractivity contribution in [1.29, 1.82) is 0 Å². The summed E-state index contributed by atoms with van der Waals surface area (Å²) in [5.74, 6) is 0.488. The van der Waals surface area contributed by atoms with Crippen molar-refractivity contribution < 1.29 is 13.9 Å². The fourth-order valence-electron chi connectivity index (χ4n) is 4.73. The molecule has 0 aromatic heterocycles. The molecule has 1 aromatic rings. The van der Waals surface area contributed by atoms with Gasteiger partial charge in [0, 0.05) is 13.1 Å². The van der Waals surface area contributed by atoms with E-state index in [4.69, 9.17) is 4.74 Å². The van der Waals surface area contributed by atoms with Gasteiger partial charge in [-0.05, 0) is 43.0 Å². The number of halogens is 1. The van der Waals surface area contributed by atoms with Gasteiger partial charge in [-0.1, -0.05) is 25.0 Å². The van der Waals surface area contributed by atoms with Crippen molar-refractivity contribution in [3.05, 3.63) is 35.6 Å². The molecule has 1 saturated carbocycles. The molecule has 1 amide bonds. The van der Waals surface area contributed by atoms with E-state index in [9.17, 15) is 9.18 Å². The Balaban J connectivity index is 1.52. The highest BCUT2D eigenvalue weighted by Gasteiger charge is 2.51. The minimum atomic E-state index is -0.259. The summed E-state index contributed by atoms with van der Waals surface area (Å²) < 4.78 is 19.3. The minimum Gasteiger partial charge on any atom is -0.370 e. The van der Waals surface area contributed by atoms with Gasteiger partial charge in [0.15, 0.2) is 0 Å². The maximum absolute atomic E-state index is 13.5. The third kappa shape index (κ3) is 2.74. The first-order chi connectivity index (χ1) is 11.7. The number of morpholine rings is 1. The monoisotopic (exact) mass is 332 g/mol. The number of amides is 1. The number of ether oxygens (including phenoxy) is 1. The number of nitrogens with one attached hydrogen (secondary N) is 1. The van der Waals surface area contributed by atoms with Crippen LogP contribution in [-0.2, 0) is 9.53 Å². The summed E-state index contributed by atoms with van der Waals surface area (Å²) in [4.78, 5) is 15.3. The SMILES string of the molecule is O=C(N1CCOC(c2cccc(F)c2)C1)[C@@]12CCCC[C@H]1CNC2. The highest BCUT2D eigenvalue weighted by Crippen LogP contribution is 2.45. The molecule has 24 heavy (non-hydrogen) atoms. The summed E-state index contributed by atoms with van der Waals surface area (Å²) in [6.45, 7) is 3.44. The van der Waals surface area contributed by atoms with Crippen molar-refractivity contribution >= 4 is 5.91 Å². The van der Waals surface area contributed by atoms with Crippen LogP contribution >= 0.6 is 0 Å². The molecule has 1 unspecified atom stereocenters. The molecule has 2 heterocycles. The Morgan fingerprint density at radius 3 is 3.17 bits per heavy atom. The number of rotatable bonds is 2. The molecule has 3 aliphatic rings. The molecule has 130 valence electrons. The first kappa shape index (κ1) is 16.0. The van der Waals surface area contributed by atoms with E-state index >= 15 is 0 Å². The third-order valence-corrected chi connectivity index (χ3v) is 6.04. The molecule has 2 aliphatic heterocycles. The molecule has 1 aliphatic carbocycles. The average molecular weight is 332 g/mol. The average Bonchev–Trinajstić information content (AvgIpc) is 3.06. The molecular formula is C19H25FN2O2. The molecule has 1 aromatic carbocycles. The van der Waals surface area contributed by atoms with Crippen LogP contribution in [0.3, 0.4) is 0 Å². The molecule has 5 heteroatoms. The topological polar surface area (TPSA) is 41.6 Å². The summed E-state index contributed by atoms with van der Waals surface area (Å²) in [6, 6.07) is 6.52. The molecule has 0 spiro atoms. The van der Waals surface area contributed by atoms with Crippen LogP contribution in [0.15, 0.2) is 24.3 Å². The van der Waals surface area contributed by atoms with E-state index in [2.05, 4.69) is 5.32 Å². The Labute approximate surface area is 142 Å². The Bertz CT molecular complexity index is 623. The zero-order valence-corrected chi connectivity index (χ0v) is 14.0. The Morgan fingerprint density at radius 1 is 1.38 bits per heavy atom. The summed E-state index contributed by atoms with van der Waals surface area (Å²) in [5, 5.41) is 3.45. The number of hydrogen-bond acceptors (Lipinski definition) is 3. The molecule has 3 atom stereocenters. The predicted octanol–water partition coefficient (Wildman–Crippen LogP) is 2.51. The quantitative estimate of drug-likeness (QED) is 0.905. The fourth-order valence-corrected chi connectivity index (χ4v) is 4.73. The van der Waals surface area contributed by atoms with E-state index in [1.54, 1.807) is 6.07 Å². The van der Waals surface area contributed by atoms with E-state index in [-0.39, 0.29) is 23.2 Å². The summed E-state index contributed by atoms with van der Waals surface area (Å²) in [5.41, 5.74) is 0.594. The summed E-state index contributed by atoms with van der Waals surface area (Å²) >= 11 is 0. The van der Waals surface area contributed by atoms with Crippen molar-refractivity contribution in [2.75, 3.05) is 32.8 Å². The predicted molar refractivity (Wildman–Crippen MR) is 88.9 cm³/mol. The van der Waals surface area contributed by atoms with Crippen molar-refractivity contribution in [2.45, 2.75) is 31.8 Å². The maximum atomic E-state index is 13.5. The number of carbonyl (C=O) groups is 1. The number of carbonyl (C=O) groups excluding carboxylic acids is 1. The van der Waals surface area contributed by atoms with E-state index in [0.29, 0.717) is 25.6 Å². The van der Waals surface area contributed by atoms with Gasteiger partial charge >= 0.3 is 0 Å². The van der Waals surface area contributed by atoms with E-state index < -0.39 is 0 Å². The van der Waals surface area contributed by atoms with Crippen LogP contribution in [-0.4, -0.2) is 43.6 Å². The van der Waals surface area contributed by atoms with Crippen molar-refractivity contribution in [2.24, 2.45) is 11.3 Å². The van der Waals surface area contributed by atoms with Gasteiger partial charge in [0.1, 0.15) is 11.9 Å². The van der Waals surface area contributed by atoms with Gasteiger partial charge in [0.2, 0.25) is 5.91 Å². The molecule has 4 rings (SSSR count). The number of hydrogen-bond donors (Lipinski definition) is 1. The van der Waals surface area contributed by atoms with E-state index in [1.165, 1.54) is 18.6 Å². The first-order valence-electron chi connectivity index (χ1n) is 9.06. The minimum absolute atomic E-state index is 0.220. The molecule has 3 fully saturated rings. The number of benzene rings is 1. The van der Waals surface area contributed by atoms with Crippen molar-refractivity contribution in [1.82, 2.24) is 10.2 Å². The third-order valence-electron chi connectivity index (χ3n) is 6.04. The maximum Gasteiger partial charge on any atom is 0.230 e. The van der Waals surface area contributed by atoms with Gasteiger partial charge in [-0.2, -0.15) is 0 Å². The zero-order valence-electron chi connectivity index (χ0n) is 14.0. The molecule has 4 nitrogen and oxygen atoms in total. The lowest BCUT2D eigenvalue weighted by Gasteiger charge is -2.43. The van der Waals surface area contributed by atoms with Gasteiger partial charge in [-0.25, -0.2) is 4.39 Å². The van der Waals surface area contributed by atoms with Gasteiger partial charge in [0.25, 0.3) is 0 Å². The second kappa shape index (κ2) is 6.45. The Kier molecular flexibility index (Phi) is 4.31. The molecule has 2 saturated heterocycles. The standard InChI is InChI=1S/C19H25FN2O2/c20-16-6-3-4-14(10-16)17-12-22(8-9-24-17)18(23)19-7-2-1-5-15(19)11-21-13-19/h3-4,6,10,15,17,21H,1-2,5,7-9,11-13H2/t15-,17?,19+/m0/s1. The van der Waals surface area contributed by atoms with Gasteiger partial charge in [-0.3, -0.25) is 4.79 Å². The highest BCUT2D eigenvalue weighted by molar-refractivity contribution is 5.84. The number of fused-ring (bicyclic) bond motifs is 1. The number of nitrogens with zero attached hydrogens (tertiary/aromatic N) is 1. The lowest BCUT2D eigenvalue weighted by atomic mass is 9.67. The van der Waals surface area contributed by atoms with Crippen LogP contribution in [0.5, 0.6) is 0 Å². The molecule has 0 bridgehead atoms. The molecule has 0 radical (unpaired) electrons. The van der Waals surface area contributed by atoms with Crippen molar-refractivity contribution in [3.63, 3.8) is 0 Å². The zero-order chi connectivity index (χ0) is 16.6. The molecule has 1 N–H and O–H groups in total. The van der Waals surface area contributed by atoms with Gasteiger partial charge in [0.05, 0.1) is 18.6 Å². The van der Waals surface area contributed by atoms with Crippen LogP contribution < -0.4 is 5.32 Å². The Hall–Kier alpha value is -1.46. The fraction of sp³-hybridized carbons (Fsp3) is 0.632. The van der Waals surface area contributed by atoms with Crippen LogP contribution in [0.2, 0.25) is 0 Å². The van der Waals surface area contributed by atoms with Crippen molar-refractivity contribution in [3.8, 4) is 0 Å². The summed E-state index contributed by atoms with van der Waals surface area (Å²) in [7, 11) is 0. The van der Waals surface area contributed by atoms with Gasteiger partial charge in [-0.15, -0.1) is 0 Å². The van der Waals surface area contributed by atoms with E-state index in [0.717, 1.165) is 37.9 Å². The second-order valence-corrected chi connectivity index (χ2v) is 7.40. The largest absolute Gasteiger partial charge is 0.370 e. The summed E-state index contributed by atoms with van der Waals surface area (Å²) in [6.07, 6.45) is 4.28. The van der Waals surface area contributed by atoms with Crippen LogP contribution in [0.25, 0.3) is 0 Å². The molecular weight excluding hydrogens is 307 g/mol. The first-order valence-corrected chi connectivity index (χ1v) is 9.06. The van der Waals surface area contributed by atoms with Crippen LogP contribution in [0.4, 0.5) is 4.39 Å². The Morgan fingerprint density at radius 2 is 2.29 bits per heavy atom. The lowest BCUT2D eigenvalue weighted by Crippen LogP contribution is -2.53. The normalized spacial score (nSPS) is 33.3. The highest BCUT2D eigenvalue weighted by atomic mass is 19.1. The van der Waals surface area contributed by atoms with Gasteiger partial charge < -0.3 is 15.0 Å². The van der Waals surface area contributed by atoms with E-state index in [1.807, 2.05) is 11.0 Å². The second-order valence-electron chi connectivity index (χ2n) is 7.40.